The highest BCUT2D eigenvalue weighted by Gasteiger charge is 2.31. The van der Waals surface area contributed by atoms with Gasteiger partial charge < -0.3 is 10.4 Å². The van der Waals surface area contributed by atoms with Gasteiger partial charge in [-0.25, -0.2) is 9.78 Å². The second kappa shape index (κ2) is 15.3. The van der Waals surface area contributed by atoms with E-state index < -0.39 is 17.8 Å². The van der Waals surface area contributed by atoms with E-state index in [1.54, 1.807) is 12.1 Å². The molecule has 0 fully saturated rings. The predicted molar refractivity (Wildman–Crippen MR) is 115 cm³/mol. The first kappa shape index (κ1) is 26.6. The van der Waals surface area contributed by atoms with E-state index >= 15 is 0 Å². The Morgan fingerprint density at radius 3 is 2.13 bits per heavy atom. The van der Waals surface area contributed by atoms with E-state index in [4.69, 9.17) is 5.11 Å². The van der Waals surface area contributed by atoms with E-state index in [0.29, 0.717) is 6.54 Å². The van der Waals surface area contributed by atoms with Crippen LogP contribution in [0, 0.1) is 0 Å². The van der Waals surface area contributed by atoms with Gasteiger partial charge in [-0.05, 0) is 36.7 Å². The number of unbranched alkanes of at least 4 members (excludes halogenated alkanes) is 7. The number of hydrogen-bond acceptors (Lipinski definition) is 4. The highest BCUT2D eigenvalue weighted by Crippen LogP contribution is 2.27. The first-order valence-electron chi connectivity index (χ1n) is 10.7. The number of hydrogen-bond donors (Lipinski definition) is 2. The van der Waals surface area contributed by atoms with Crippen LogP contribution in [0.5, 0.6) is 0 Å². The average Bonchev–Trinajstić information content (AvgIpc) is 2.76. The Balaban J connectivity index is 0.000000442. The number of nitrogens with zero attached hydrogens (tertiary/aromatic N) is 2. The molecular weight excluding hydrogens is 407 g/mol. The molecule has 31 heavy (non-hydrogen) atoms. The average molecular weight is 440 g/mol. The van der Waals surface area contributed by atoms with Crippen LogP contribution in [0.25, 0.3) is 0 Å². The van der Waals surface area contributed by atoms with Gasteiger partial charge in [0.05, 0.1) is 0 Å². The standard InChI is InChI=1S/C17H27F3N2.C6H5NO2/c1-2-3-4-5-6-7-8-9-12-21-13-15-10-11-16(22-14-15)17(18,19)20;8-6(9)5-3-1-2-4-7-5/h10-11,14,21H,2-9,12-13H2,1H3;1-4H,(H,8,9). The lowest BCUT2D eigenvalue weighted by molar-refractivity contribution is -0.141. The fraction of sp³-hybridized carbons (Fsp3) is 0.522. The van der Waals surface area contributed by atoms with Crippen molar-refractivity contribution in [3.8, 4) is 0 Å². The maximum absolute atomic E-state index is 12.4. The van der Waals surface area contributed by atoms with Crippen molar-refractivity contribution in [1.29, 1.82) is 0 Å². The lowest BCUT2D eigenvalue weighted by atomic mass is 10.1. The smallest absolute Gasteiger partial charge is 0.433 e. The first-order valence-corrected chi connectivity index (χ1v) is 10.7. The molecule has 5 nitrogen and oxygen atoms in total. The molecule has 0 amide bonds. The lowest BCUT2D eigenvalue weighted by Gasteiger charge is -2.07. The number of alkyl halides is 3. The van der Waals surface area contributed by atoms with E-state index in [0.717, 1.165) is 24.6 Å². The van der Waals surface area contributed by atoms with Gasteiger partial charge in [-0.2, -0.15) is 13.2 Å². The van der Waals surface area contributed by atoms with E-state index in [-0.39, 0.29) is 5.69 Å². The Morgan fingerprint density at radius 2 is 1.65 bits per heavy atom. The Morgan fingerprint density at radius 1 is 0.968 bits per heavy atom. The van der Waals surface area contributed by atoms with Gasteiger partial charge in [-0.3, -0.25) is 4.98 Å². The third-order valence-corrected chi connectivity index (χ3v) is 4.54. The molecule has 0 bridgehead atoms. The summed E-state index contributed by atoms with van der Waals surface area (Å²) >= 11 is 0. The van der Waals surface area contributed by atoms with Crippen LogP contribution in [0.2, 0.25) is 0 Å². The number of carboxylic acid groups (broad SMARTS) is 1. The summed E-state index contributed by atoms with van der Waals surface area (Å²) in [6, 6.07) is 7.27. The van der Waals surface area contributed by atoms with Crippen molar-refractivity contribution in [3.05, 3.63) is 59.7 Å². The SMILES string of the molecule is CCCCCCCCCCNCc1ccc(C(F)(F)F)nc1.O=C(O)c1ccccn1. The molecule has 2 heterocycles. The number of nitrogens with one attached hydrogen (secondary N) is 1. The molecule has 0 radical (unpaired) electrons. The van der Waals surface area contributed by atoms with Crippen molar-refractivity contribution in [3.63, 3.8) is 0 Å². The van der Waals surface area contributed by atoms with Gasteiger partial charge in [0.1, 0.15) is 11.4 Å². The zero-order chi connectivity index (χ0) is 23.0. The monoisotopic (exact) mass is 439 g/mol. The predicted octanol–water partition coefficient (Wildman–Crippen LogP) is 6.11. The number of halogens is 3. The number of aromatic nitrogens is 2. The van der Waals surface area contributed by atoms with Crippen molar-refractivity contribution in [2.24, 2.45) is 0 Å². The van der Waals surface area contributed by atoms with Gasteiger partial charge in [0, 0.05) is 18.9 Å². The van der Waals surface area contributed by atoms with E-state index in [2.05, 4.69) is 22.2 Å². The van der Waals surface area contributed by atoms with Gasteiger partial charge in [-0.15, -0.1) is 0 Å². The minimum Gasteiger partial charge on any atom is -0.477 e. The number of rotatable bonds is 12. The maximum Gasteiger partial charge on any atom is 0.433 e. The highest BCUT2D eigenvalue weighted by molar-refractivity contribution is 5.85. The van der Waals surface area contributed by atoms with Crippen LogP contribution >= 0.6 is 0 Å². The Labute approximate surface area is 182 Å². The topological polar surface area (TPSA) is 75.1 Å². The van der Waals surface area contributed by atoms with Crippen LogP contribution in [-0.2, 0) is 12.7 Å². The largest absolute Gasteiger partial charge is 0.477 e. The molecule has 0 aliphatic heterocycles. The molecule has 2 N–H and O–H groups in total. The summed E-state index contributed by atoms with van der Waals surface area (Å²) in [5.41, 5.74) is 0.0318. The minimum atomic E-state index is -4.36. The van der Waals surface area contributed by atoms with Crippen molar-refractivity contribution in [1.82, 2.24) is 15.3 Å². The van der Waals surface area contributed by atoms with Gasteiger partial charge in [0.15, 0.2) is 0 Å². The normalized spacial score (nSPS) is 11.0. The molecule has 0 unspecified atom stereocenters. The summed E-state index contributed by atoms with van der Waals surface area (Å²) in [4.78, 5) is 17.2. The molecule has 0 aromatic carbocycles. The third kappa shape index (κ3) is 12.7. The molecule has 0 aliphatic rings. The zero-order valence-corrected chi connectivity index (χ0v) is 18.0. The summed E-state index contributed by atoms with van der Waals surface area (Å²) in [6.45, 7) is 3.69. The van der Waals surface area contributed by atoms with Gasteiger partial charge in [0.25, 0.3) is 0 Å². The van der Waals surface area contributed by atoms with Crippen LogP contribution in [0.1, 0.15) is 80.0 Å². The molecule has 2 rings (SSSR count). The molecular formula is C23H32F3N3O2. The fourth-order valence-electron chi connectivity index (χ4n) is 2.80. The van der Waals surface area contributed by atoms with Crippen molar-refractivity contribution < 1.29 is 23.1 Å². The minimum absolute atomic E-state index is 0.0810. The van der Waals surface area contributed by atoms with E-state index in [9.17, 15) is 18.0 Å². The van der Waals surface area contributed by atoms with E-state index in [1.807, 2.05) is 0 Å². The van der Waals surface area contributed by atoms with E-state index in [1.165, 1.54) is 69.5 Å². The number of carboxylic acids is 1. The molecule has 0 aliphatic carbocycles. The highest BCUT2D eigenvalue weighted by atomic mass is 19.4. The lowest BCUT2D eigenvalue weighted by Crippen LogP contribution is -2.15. The maximum atomic E-state index is 12.4. The summed E-state index contributed by atoms with van der Waals surface area (Å²) < 4.78 is 37.1. The van der Waals surface area contributed by atoms with Crippen molar-refractivity contribution in [2.75, 3.05) is 6.54 Å². The van der Waals surface area contributed by atoms with Crippen molar-refractivity contribution in [2.45, 2.75) is 71.0 Å². The van der Waals surface area contributed by atoms with Crippen molar-refractivity contribution >= 4 is 5.97 Å². The Kier molecular flexibility index (Phi) is 13.1. The summed E-state index contributed by atoms with van der Waals surface area (Å²) in [7, 11) is 0. The van der Waals surface area contributed by atoms with Crippen LogP contribution in [-0.4, -0.2) is 27.6 Å². The number of pyridine rings is 2. The van der Waals surface area contributed by atoms with Crippen LogP contribution in [0.3, 0.4) is 0 Å². The molecule has 8 heteroatoms. The quantitative estimate of drug-likeness (QED) is 0.390. The molecule has 0 atom stereocenters. The Hall–Kier alpha value is -2.48. The molecule has 0 saturated carbocycles. The molecule has 2 aromatic heterocycles. The summed E-state index contributed by atoms with van der Waals surface area (Å²) in [6.07, 6.45) is 8.58. The molecule has 172 valence electrons. The number of aromatic carboxylic acids is 1. The van der Waals surface area contributed by atoms with Crippen LogP contribution < -0.4 is 5.32 Å². The second-order valence-corrected chi connectivity index (χ2v) is 7.22. The Bertz CT molecular complexity index is 723. The summed E-state index contributed by atoms with van der Waals surface area (Å²) in [5, 5.41) is 11.6. The second-order valence-electron chi connectivity index (χ2n) is 7.22. The fourth-order valence-corrected chi connectivity index (χ4v) is 2.80. The van der Waals surface area contributed by atoms with Gasteiger partial charge in [-0.1, -0.05) is 64.0 Å². The number of carbonyl (C=O) groups is 1. The first-order chi connectivity index (χ1) is 14.8. The summed E-state index contributed by atoms with van der Waals surface area (Å²) in [5.74, 6) is -0.990. The van der Waals surface area contributed by atoms with Gasteiger partial charge >= 0.3 is 12.1 Å². The zero-order valence-electron chi connectivity index (χ0n) is 18.0. The molecule has 0 saturated heterocycles. The van der Waals surface area contributed by atoms with Crippen LogP contribution in [0.4, 0.5) is 13.2 Å². The van der Waals surface area contributed by atoms with Gasteiger partial charge in [0.2, 0.25) is 0 Å². The third-order valence-electron chi connectivity index (χ3n) is 4.54. The molecule has 2 aromatic rings. The van der Waals surface area contributed by atoms with Crippen LogP contribution in [0.15, 0.2) is 42.7 Å². The molecule has 0 spiro atoms.